The van der Waals surface area contributed by atoms with Crippen molar-refractivity contribution < 1.29 is 14.5 Å². The minimum absolute atomic E-state index is 0.0206. The van der Waals surface area contributed by atoms with Crippen molar-refractivity contribution in [3.05, 3.63) is 87.7 Å². The summed E-state index contributed by atoms with van der Waals surface area (Å²) in [5, 5.41) is 10.7. The van der Waals surface area contributed by atoms with Crippen molar-refractivity contribution in [3.8, 4) is 11.4 Å². The second kappa shape index (κ2) is 7.45. The first kappa shape index (κ1) is 18.4. The van der Waals surface area contributed by atoms with Gasteiger partial charge in [0, 0.05) is 34.8 Å². The van der Waals surface area contributed by atoms with Gasteiger partial charge in [0.2, 0.25) is 5.78 Å². The molecule has 3 rings (SSSR count). The summed E-state index contributed by atoms with van der Waals surface area (Å²) >= 11 is 0. The molecule has 6 heteroatoms. The van der Waals surface area contributed by atoms with E-state index in [1.54, 1.807) is 6.92 Å². The maximum atomic E-state index is 12.9. The Balaban J connectivity index is 1.82. The molecule has 0 unspecified atom stereocenters. The fourth-order valence-corrected chi connectivity index (χ4v) is 3.11. The molecule has 1 aromatic heterocycles. The molecule has 3 aromatic rings. The smallest absolute Gasteiger partial charge is 0.269 e. The van der Waals surface area contributed by atoms with Gasteiger partial charge in [-0.1, -0.05) is 18.2 Å². The highest BCUT2D eigenvalue weighted by Crippen LogP contribution is 2.24. The van der Waals surface area contributed by atoms with Crippen molar-refractivity contribution in [2.45, 2.75) is 26.9 Å². The SMILES string of the molecule is Cc1cc(C(=O)[C@H](C)Oc2ccc([N+](=O)[O-])cc2)c(C)n1-c1ccccc1. The van der Waals surface area contributed by atoms with Crippen molar-refractivity contribution in [1.29, 1.82) is 0 Å². The van der Waals surface area contributed by atoms with Gasteiger partial charge in [0.1, 0.15) is 5.75 Å². The lowest BCUT2D eigenvalue weighted by atomic mass is 10.1. The molecular formula is C21H20N2O4. The van der Waals surface area contributed by atoms with Crippen LogP contribution in [0.25, 0.3) is 5.69 Å². The van der Waals surface area contributed by atoms with E-state index >= 15 is 0 Å². The van der Waals surface area contributed by atoms with E-state index in [1.165, 1.54) is 24.3 Å². The monoisotopic (exact) mass is 364 g/mol. The second-order valence-electron chi connectivity index (χ2n) is 6.33. The van der Waals surface area contributed by atoms with Gasteiger partial charge in [-0.05, 0) is 51.1 Å². The Morgan fingerprint density at radius 3 is 2.30 bits per heavy atom. The van der Waals surface area contributed by atoms with E-state index in [1.807, 2.05) is 54.8 Å². The number of hydrogen-bond acceptors (Lipinski definition) is 4. The summed E-state index contributed by atoms with van der Waals surface area (Å²) in [5.41, 5.74) is 3.39. The topological polar surface area (TPSA) is 74.4 Å². The van der Waals surface area contributed by atoms with E-state index in [4.69, 9.17) is 4.74 Å². The van der Waals surface area contributed by atoms with E-state index in [2.05, 4.69) is 0 Å². The normalized spacial score (nSPS) is 11.8. The zero-order valence-corrected chi connectivity index (χ0v) is 15.4. The van der Waals surface area contributed by atoms with E-state index in [-0.39, 0.29) is 11.5 Å². The number of nitrogens with zero attached hydrogens (tertiary/aromatic N) is 2. The molecule has 0 amide bonds. The molecule has 1 heterocycles. The molecular weight excluding hydrogens is 344 g/mol. The Morgan fingerprint density at radius 1 is 1.07 bits per heavy atom. The largest absolute Gasteiger partial charge is 0.483 e. The average Bonchev–Trinajstić information content (AvgIpc) is 2.96. The van der Waals surface area contributed by atoms with Gasteiger partial charge in [0.15, 0.2) is 6.10 Å². The number of carbonyl (C=O) groups excluding carboxylic acids is 1. The van der Waals surface area contributed by atoms with Crippen LogP contribution in [0.1, 0.15) is 28.7 Å². The van der Waals surface area contributed by atoms with Crippen molar-refractivity contribution in [1.82, 2.24) is 4.57 Å². The molecule has 0 aliphatic heterocycles. The number of aromatic nitrogens is 1. The van der Waals surface area contributed by atoms with Crippen LogP contribution in [0.5, 0.6) is 5.75 Å². The summed E-state index contributed by atoms with van der Waals surface area (Å²) in [6.45, 7) is 5.54. The summed E-state index contributed by atoms with van der Waals surface area (Å²) in [7, 11) is 0. The van der Waals surface area contributed by atoms with Crippen LogP contribution in [0.3, 0.4) is 0 Å². The molecule has 0 saturated heterocycles. The summed E-state index contributed by atoms with van der Waals surface area (Å²) in [4.78, 5) is 23.1. The molecule has 0 aliphatic carbocycles. The first-order valence-electron chi connectivity index (χ1n) is 8.58. The summed E-state index contributed by atoms with van der Waals surface area (Å²) in [6.07, 6.45) is -0.712. The Labute approximate surface area is 157 Å². The fraction of sp³-hybridized carbons (Fsp3) is 0.190. The molecule has 0 N–H and O–H groups in total. The Bertz CT molecular complexity index is 975. The van der Waals surface area contributed by atoms with Gasteiger partial charge < -0.3 is 9.30 Å². The molecule has 1 atom stereocenters. The lowest BCUT2D eigenvalue weighted by Gasteiger charge is -2.14. The zero-order valence-electron chi connectivity index (χ0n) is 15.4. The van der Waals surface area contributed by atoms with Gasteiger partial charge in [0.05, 0.1) is 4.92 Å². The molecule has 0 saturated carbocycles. The predicted molar refractivity (Wildman–Crippen MR) is 103 cm³/mol. The van der Waals surface area contributed by atoms with Crippen LogP contribution in [0, 0.1) is 24.0 Å². The molecule has 0 spiro atoms. The summed E-state index contributed by atoms with van der Waals surface area (Å²) in [5.74, 6) is 0.280. The molecule has 27 heavy (non-hydrogen) atoms. The number of nitro benzene ring substituents is 1. The van der Waals surface area contributed by atoms with Crippen LogP contribution in [-0.2, 0) is 0 Å². The third-order valence-corrected chi connectivity index (χ3v) is 4.44. The van der Waals surface area contributed by atoms with E-state index < -0.39 is 11.0 Å². The highest BCUT2D eigenvalue weighted by atomic mass is 16.6. The van der Waals surface area contributed by atoms with Crippen molar-refractivity contribution in [2.75, 3.05) is 0 Å². The van der Waals surface area contributed by atoms with E-state index in [0.717, 1.165) is 17.1 Å². The number of para-hydroxylation sites is 1. The quantitative estimate of drug-likeness (QED) is 0.362. The van der Waals surface area contributed by atoms with Gasteiger partial charge in [0.25, 0.3) is 5.69 Å². The standard InChI is InChI=1S/C21H20N2O4/c1-14-13-20(15(2)22(14)17-7-5-4-6-8-17)21(24)16(3)27-19-11-9-18(10-12-19)23(25)26/h4-13,16H,1-3H3/t16-/m0/s1. The molecule has 0 bridgehead atoms. The highest BCUT2D eigenvalue weighted by Gasteiger charge is 2.23. The third-order valence-electron chi connectivity index (χ3n) is 4.44. The molecule has 6 nitrogen and oxygen atoms in total. The van der Waals surface area contributed by atoms with Crippen LogP contribution >= 0.6 is 0 Å². The number of aryl methyl sites for hydroxylation is 1. The molecule has 2 aromatic carbocycles. The summed E-state index contributed by atoms with van der Waals surface area (Å²) < 4.78 is 7.73. The van der Waals surface area contributed by atoms with E-state index in [9.17, 15) is 14.9 Å². The van der Waals surface area contributed by atoms with Gasteiger partial charge in [-0.15, -0.1) is 0 Å². The van der Waals surface area contributed by atoms with Crippen molar-refractivity contribution in [3.63, 3.8) is 0 Å². The van der Waals surface area contributed by atoms with Crippen LogP contribution in [0.4, 0.5) is 5.69 Å². The predicted octanol–water partition coefficient (Wildman–Crippen LogP) is 4.65. The number of hydrogen-bond donors (Lipinski definition) is 0. The van der Waals surface area contributed by atoms with Crippen molar-refractivity contribution in [2.24, 2.45) is 0 Å². The molecule has 0 aliphatic rings. The molecule has 0 fully saturated rings. The number of carbonyl (C=O) groups is 1. The number of nitro groups is 1. The number of benzene rings is 2. The van der Waals surface area contributed by atoms with Crippen molar-refractivity contribution >= 4 is 11.5 Å². The maximum Gasteiger partial charge on any atom is 0.269 e. The molecule has 0 radical (unpaired) electrons. The van der Waals surface area contributed by atoms with Crippen LogP contribution in [0.2, 0.25) is 0 Å². The van der Waals surface area contributed by atoms with Crippen LogP contribution in [-0.4, -0.2) is 21.4 Å². The zero-order chi connectivity index (χ0) is 19.6. The Hall–Kier alpha value is -3.41. The first-order valence-corrected chi connectivity index (χ1v) is 8.58. The Kier molecular flexibility index (Phi) is 5.07. The number of non-ortho nitro benzene ring substituents is 1. The van der Waals surface area contributed by atoms with Gasteiger partial charge in [-0.3, -0.25) is 14.9 Å². The minimum Gasteiger partial charge on any atom is -0.483 e. The lowest BCUT2D eigenvalue weighted by Crippen LogP contribution is -2.24. The highest BCUT2D eigenvalue weighted by molar-refractivity contribution is 6.00. The third kappa shape index (κ3) is 3.74. The van der Waals surface area contributed by atoms with Gasteiger partial charge >= 0.3 is 0 Å². The van der Waals surface area contributed by atoms with Crippen LogP contribution in [0.15, 0.2) is 60.7 Å². The molecule has 138 valence electrons. The lowest BCUT2D eigenvalue weighted by molar-refractivity contribution is -0.384. The summed E-state index contributed by atoms with van der Waals surface area (Å²) in [6, 6.07) is 17.4. The number of ketones is 1. The average molecular weight is 364 g/mol. The van der Waals surface area contributed by atoms with E-state index in [0.29, 0.717) is 11.3 Å². The van der Waals surface area contributed by atoms with Gasteiger partial charge in [-0.2, -0.15) is 0 Å². The minimum atomic E-state index is -0.712. The Morgan fingerprint density at radius 2 is 1.70 bits per heavy atom. The first-order chi connectivity index (χ1) is 12.9. The number of rotatable bonds is 6. The second-order valence-corrected chi connectivity index (χ2v) is 6.33. The number of ether oxygens (including phenoxy) is 1. The fourth-order valence-electron chi connectivity index (χ4n) is 3.11. The van der Waals surface area contributed by atoms with Gasteiger partial charge in [-0.25, -0.2) is 0 Å². The number of Topliss-reactive ketones (excluding diaryl/α,β-unsaturated/α-hetero) is 1. The maximum absolute atomic E-state index is 12.9. The van der Waals surface area contributed by atoms with Crippen LogP contribution < -0.4 is 4.74 Å².